The van der Waals surface area contributed by atoms with Gasteiger partial charge in [-0.2, -0.15) is 0 Å². The molecule has 1 fully saturated rings. The summed E-state index contributed by atoms with van der Waals surface area (Å²) in [6.07, 6.45) is 0. The Bertz CT molecular complexity index is 695. The third kappa shape index (κ3) is 3.50. The van der Waals surface area contributed by atoms with Crippen molar-refractivity contribution >= 4 is 11.6 Å². The zero-order valence-electron chi connectivity index (χ0n) is 13.7. The first-order valence-corrected chi connectivity index (χ1v) is 8.20. The number of benzene rings is 2. The van der Waals surface area contributed by atoms with Crippen LogP contribution in [0.5, 0.6) is 5.75 Å². The summed E-state index contributed by atoms with van der Waals surface area (Å²) in [6, 6.07) is 13.8. The van der Waals surface area contributed by atoms with E-state index < -0.39 is 0 Å². The number of hydrogen-bond acceptors (Lipinski definition) is 3. The molecule has 1 amide bonds. The summed E-state index contributed by atoms with van der Waals surface area (Å²) in [5.74, 6) is 0.392. The third-order valence-electron chi connectivity index (χ3n) is 4.18. The Labute approximate surface area is 141 Å². The highest BCUT2D eigenvalue weighted by Gasteiger charge is 2.24. The number of nitrogens with zero attached hydrogens (tertiary/aromatic N) is 2. The van der Waals surface area contributed by atoms with Gasteiger partial charge in [-0.15, -0.1) is 0 Å². The van der Waals surface area contributed by atoms with Gasteiger partial charge in [0.25, 0.3) is 5.91 Å². The lowest BCUT2D eigenvalue weighted by Crippen LogP contribution is -2.48. The maximum atomic E-state index is 13.0. The molecule has 0 N–H and O–H groups in total. The Morgan fingerprint density at radius 3 is 2.38 bits per heavy atom. The van der Waals surface area contributed by atoms with E-state index in [1.807, 2.05) is 30.0 Å². The molecule has 0 aliphatic carbocycles. The molecule has 0 saturated carbocycles. The molecule has 0 atom stereocenters. The minimum atomic E-state index is -0.236. The molecular weight excluding hydrogens is 307 g/mol. The number of para-hydroxylation sites is 1. The first-order chi connectivity index (χ1) is 11.7. The standard InChI is InChI=1S/C19H21FN2O2/c1-2-24-18-6-4-3-5-17(18)19(23)22-13-11-21(12-14-22)16-9-7-15(20)8-10-16/h3-10H,2,11-14H2,1H3. The highest BCUT2D eigenvalue weighted by atomic mass is 19.1. The van der Waals surface area contributed by atoms with Crippen LogP contribution in [0.1, 0.15) is 17.3 Å². The number of carbonyl (C=O) groups excluding carboxylic acids is 1. The molecule has 0 aromatic heterocycles. The molecule has 2 aromatic rings. The molecule has 2 aromatic carbocycles. The SMILES string of the molecule is CCOc1ccccc1C(=O)N1CCN(c2ccc(F)cc2)CC1. The van der Waals surface area contributed by atoms with Gasteiger partial charge >= 0.3 is 0 Å². The second-order valence-corrected chi connectivity index (χ2v) is 5.68. The van der Waals surface area contributed by atoms with Crippen LogP contribution in [0.4, 0.5) is 10.1 Å². The Morgan fingerprint density at radius 2 is 1.71 bits per heavy atom. The lowest BCUT2D eigenvalue weighted by molar-refractivity contribution is 0.0742. The first-order valence-electron chi connectivity index (χ1n) is 8.20. The van der Waals surface area contributed by atoms with Crippen LogP contribution in [0.25, 0.3) is 0 Å². The van der Waals surface area contributed by atoms with Crippen molar-refractivity contribution in [2.45, 2.75) is 6.92 Å². The predicted octanol–water partition coefficient (Wildman–Crippen LogP) is 3.19. The van der Waals surface area contributed by atoms with Crippen LogP contribution in [0, 0.1) is 5.82 Å². The fourth-order valence-corrected chi connectivity index (χ4v) is 2.91. The van der Waals surface area contributed by atoms with Crippen LogP contribution in [-0.4, -0.2) is 43.6 Å². The number of carbonyl (C=O) groups is 1. The Kier molecular flexibility index (Phi) is 4.99. The van der Waals surface area contributed by atoms with Gasteiger partial charge in [0.05, 0.1) is 12.2 Å². The molecule has 0 spiro atoms. The van der Waals surface area contributed by atoms with E-state index in [-0.39, 0.29) is 11.7 Å². The Balaban J connectivity index is 1.66. The van der Waals surface area contributed by atoms with Crippen LogP contribution < -0.4 is 9.64 Å². The first kappa shape index (κ1) is 16.3. The second-order valence-electron chi connectivity index (χ2n) is 5.68. The number of rotatable bonds is 4. The van der Waals surface area contributed by atoms with E-state index in [9.17, 15) is 9.18 Å². The van der Waals surface area contributed by atoms with Gasteiger partial charge in [0.1, 0.15) is 11.6 Å². The van der Waals surface area contributed by atoms with Crippen LogP contribution in [-0.2, 0) is 0 Å². The maximum Gasteiger partial charge on any atom is 0.257 e. The van der Waals surface area contributed by atoms with E-state index in [1.165, 1.54) is 12.1 Å². The predicted molar refractivity (Wildman–Crippen MR) is 92.1 cm³/mol. The summed E-state index contributed by atoms with van der Waals surface area (Å²) >= 11 is 0. The minimum absolute atomic E-state index is 0.00203. The number of amides is 1. The number of anilines is 1. The highest BCUT2D eigenvalue weighted by molar-refractivity contribution is 5.97. The molecule has 1 saturated heterocycles. The molecule has 4 nitrogen and oxygen atoms in total. The number of piperazine rings is 1. The van der Waals surface area contributed by atoms with Crippen LogP contribution >= 0.6 is 0 Å². The molecule has 0 bridgehead atoms. The highest BCUT2D eigenvalue weighted by Crippen LogP contribution is 2.22. The Morgan fingerprint density at radius 1 is 1.04 bits per heavy atom. The lowest BCUT2D eigenvalue weighted by Gasteiger charge is -2.36. The zero-order valence-corrected chi connectivity index (χ0v) is 13.7. The van der Waals surface area contributed by atoms with Crippen LogP contribution in [0.15, 0.2) is 48.5 Å². The van der Waals surface area contributed by atoms with Gasteiger partial charge in [0.15, 0.2) is 0 Å². The number of ether oxygens (including phenoxy) is 1. The summed E-state index contributed by atoms with van der Waals surface area (Å²) in [4.78, 5) is 16.8. The monoisotopic (exact) mass is 328 g/mol. The van der Waals surface area contributed by atoms with Gasteiger partial charge in [-0.3, -0.25) is 4.79 Å². The van der Waals surface area contributed by atoms with Gasteiger partial charge in [-0.1, -0.05) is 12.1 Å². The average Bonchev–Trinajstić information content (AvgIpc) is 2.63. The molecule has 5 heteroatoms. The normalized spacial score (nSPS) is 14.6. The van der Waals surface area contributed by atoms with Crippen molar-refractivity contribution in [2.75, 3.05) is 37.7 Å². The van der Waals surface area contributed by atoms with Gasteiger partial charge in [0, 0.05) is 31.9 Å². The van der Waals surface area contributed by atoms with Crippen molar-refractivity contribution in [1.82, 2.24) is 4.90 Å². The largest absolute Gasteiger partial charge is 0.493 e. The zero-order chi connectivity index (χ0) is 16.9. The molecule has 1 aliphatic rings. The smallest absolute Gasteiger partial charge is 0.257 e. The summed E-state index contributed by atoms with van der Waals surface area (Å²) in [5.41, 5.74) is 1.59. The lowest BCUT2D eigenvalue weighted by atomic mass is 10.1. The summed E-state index contributed by atoms with van der Waals surface area (Å²) in [7, 11) is 0. The van der Waals surface area contributed by atoms with Crippen molar-refractivity contribution in [3.63, 3.8) is 0 Å². The molecule has 126 valence electrons. The van der Waals surface area contributed by atoms with E-state index in [4.69, 9.17) is 4.74 Å². The van der Waals surface area contributed by atoms with Crippen LogP contribution in [0.3, 0.4) is 0 Å². The van der Waals surface area contributed by atoms with E-state index in [0.717, 1.165) is 18.8 Å². The number of hydrogen-bond donors (Lipinski definition) is 0. The van der Waals surface area contributed by atoms with E-state index in [2.05, 4.69) is 4.90 Å². The Hall–Kier alpha value is -2.56. The van der Waals surface area contributed by atoms with E-state index in [0.29, 0.717) is 31.0 Å². The minimum Gasteiger partial charge on any atom is -0.493 e. The van der Waals surface area contributed by atoms with Gasteiger partial charge in [-0.05, 0) is 43.3 Å². The molecule has 0 radical (unpaired) electrons. The summed E-state index contributed by atoms with van der Waals surface area (Å²) in [6.45, 7) is 5.17. The molecule has 1 heterocycles. The molecule has 3 rings (SSSR count). The quantitative estimate of drug-likeness (QED) is 0.864. The fourth-order valence-electron chi connectivity index (χ4n) is 2.91. The van der Waals surface area contributed by atoms with Crippen molar-refractivity contribution in [2.24, 2.45) is 0 Å². The number of halogens is 1. The molecule has 1 aliphatic heterocycles. The molecular formula is C19H21FN2O2. The average molecular weight is 328 g/mol. The molecule has 0 unspecified atom stereocenters. The topological polar surface area (TPSA) is 32.8 Å². The summed E-state index contributed by atoms with van der Waals surface area (Å²) in [5, 5.41) is 0. The van der Waals surface area contributed by atoms with E-state index in [1.54, 1.807) is 18.2 Å². The van der Waals surface area contributed by atoms with E-state index >= 15 is 0 Å². The van der Waals surface area contributed by atoms with Crippen molar-refractivity contribution in [3.8, 4) is 5.75 Å². The van der Waals surface area contributed by atoms with Crippen molar-refractivity contribution in [1.29, 1.82) is 0 Å². The molecule has 24 heavy (non-hydrogen) atoms. The van der Waals surface area contributed by atoms with Gasteiger partial charge in [0.2, 0.25) is 0 Å². The van der Waals surface area contributed by atoms with Crippen molar-refractivity contribution < 1.29 is 13.9 Å². The maximum absolute atomic E-state index is 13.0. The third-order valence-corrected chi connectivity index (χ3v) is 4.18. The summed E-state index contributed by atoms with van der Waals surface area (Å²) < 4.78 is 18.6. The fraction of sp³-hybridized carbons (Fsp3) is 0.316. The van der Waals surface area contributed by atoms with Crippen LogP contribution in [0.2, 0.25) is 0 Å². The van der Waals surface area contributed by atoms with Gasteiger partial charge in [-0.25, -0.2) is 4.39 Å². The van der Waals surface area contributed by atoms with Crippen molar-refractivity contribution in [3.05, 3.63) is 59.9 Å². The second kappa shape index (κ2) is 7.34. The van der Waals surface area contributed by atoms with Gasteiger partial charge < -0.3 is 14.5 Å².